The summed E-state index contributed by atoms with van der Waals surface area (Å²) in [6.45, 7) is 0. The minimum absolute atomic E-state index is 0.167. The van der Waals surface area contributed by atoms with Crippen LogP contribution >= 0.6 is 0 Å². The minimum atomic E-state index is -0.533. The summed E-state index contributed by atoms with van der Waals surface area (Å²) in [6.07, 6.45) is 2.69. The fourth-order valence-corrected chi connectivity index (χ4v) is 2.04. The second-order valence-corrected chi connectivity index (χ2v) is 4.59. The number of nitro groups is 1. The Morgan fingerprint density at radius 2 is 1.70 bits per heavy atom. The van der Waals surface area contributed by atoms with Crippen molar-refractivity contribution < 1.29 is 19.2 Å². The summed E-state index contributed by atoms with van der Waals surface area (Å²) in [6, 6.07) is 11.4. The molecule has 2 aromatic rings. The van der Waals surface area contributed by atoms with Crippen LogP contribution < -0.4 is 9.47 Å². The van der Waals surface area contributed by atoms with Crippen LogP contribution in [0.2, 0.25) is 0 Å². The maximum absolute atomic E-state index is 12.1. The average Bonchev–Trinajstić information content (AvgIpc) is 2.59. The second kappa shape index (κ2) is 7.22. The Bertz CT molecular complexity index is 753. The molecule has 0 saturated carbocycles. The van der Waals surface area contributed by atoms with Gasteiger partial charge in [0.2, 0.25) is 0 Å². The molecule has 23 heavy (non-hydrogen) atoms. The zero-order valence-electron chi connectivity index (χ0n) is 12.7. The lowest BCUT2D eigenvalue weighted by atomic mass is 10.1. The van der Waals surface area contributed by atoms with Gasteiger partial charge in [-0.15, -0.1) is 0 Å². The van der Waals surface area contributed by atoms with Gasteiger partial charge < -0.3 is 9.47 Å². The maximum atomic E-state index is 12.1. The number of hydrogen-bond donors (Lipinski definition) is 0. The van der Waals surface area contributed by atoms with Gasteiger partial charge in [-0.3, -0.25) is 14.9 Å². The van der Waals surface area contributed by atoms with Crippen LogP contribution in [-0.2, 0) is 0 Å². The lowest BCUT2D eigenvalue weighted by Crippen LogP contribution is -1.97. The average molecular weight is 313 g/mol. The summed E-state index contributed by atoms with van der Waals surface area (Å²) in [5.41, 5.74) is 0.601. The van der Waals surface area contributed by atoms with Crippen molar-refractivity contribution in [3.63, 3.8) is 0 Å². The van der Waals surface area contributed by atoms with E-state index >= 15 is 0 Å². The van der Waals surface area contributed by atoms with Crippen LogP contribution in [0.15, 0.2) is 48.5 Å². The molecule has 0 aromatic heterocycles. The molecule has 0 bridgehead atoms. The van der Waals surface area contributed by atoms with Crippen molar-refractivity contribution in [3.8, 4) is 11.5 Å². The number of methoxy groups -OCH3 is 2. The molecule has 0 aliphatic rings. The monoisotopic (exact) mass is 313 g/mol. The Morgan fingerprint density at radius 1 is 1.09 bits per heavy atom. The quantitative estimate of drug-likeness (QED) is 0.353. The normalized spacial score (nSPS) is 10.5. The van der Waals surface area contributed by atoms with Crippen molar-refractivity contribution >= 4 is 17.5 Å². The van der Waals surface area contributed by atoms with Gasteiger partial charge in [0.05, 0.1) is 30.8 Å². The number of nitrogens with zero attached hydrogens (tertiary/aromatic N) is 1. The Labute approximate surface area is 133 Å². The van der Waals surface area contributed by atoms with Crippen molar-refractivity contribution in [3.05, 3.63) is 69.8 Å². The van der Waals surface area contributed by atoms with E-state index in [1.165, 1.54) is 38.5 Å². The number of carbonyl (C=O) groups excluding carboxylic acids is 1. The summed E-state index contributed by atoms with van der Waals surface area (Å²) in [7, 11) is 2.84. The first-order valence-electron chi connectivity index (χ1n) is 6.74. The number of allylic oxidation sites excluding steroid dienone is 1. The first kappa shape index (κ1) is 16.2. The van der Waals surface area contributed by atoms with Gasteiger partial charge in [0.25, 0.3) is 5.69 Å². The van der Waals surface area contributed by atoms with Gasteiger partial charge in [0, 0.05) is 5.56 Å². The summed E-state index contributed by atoms with van der Waals surface area (Å²) in [5, 5.41) is 11.2. The van der Waals surface area contributed by atoms with Gasteiger partial charge in [-0.1, -0.05) is 30.3 Å². The zero-order valence-corrected chi connectivity index (χ0v) is 12.7. The van der Waals surface area contributed by atoms with Crippen LogP contribution in [0, 0.1) is 10.1 Å². The Hall–Kier alpha value is -3.15. The molecule has 0 N–H and O–H groups in total. The van der Waals surface area contributed by atoms with Crippen LogP contribution in [0.1, 0.15) is 15.9 Å². The highest BCUT2D eigenvalue weighted by Crippen LogP contribution is 2.35. The van der Waals surface area contributed by atoms with Gasteiger partial charge in [-0.25, -0.2) is 0 Å². The lowest BCUT2D eigenvalue weighted by Gasteiger charge is -2.08. The van der Waals surface area contributed by atoms with E-state index in [0.29, 0.717) is 11.3 Å². The molecule has 0 saturated heterocycles. The fraction of sp³-hybridized carbons (Fsp3) is 0.118. The van der Waals surface area contributed by atoms with Crippen molar-refractivity contribution in [1.29, 1.82) is 0 Å². The standard InChI is InChI=1S/C17H15NO5/c1-22-16-10-13(14(18(20)21)11-17(16)23-2)8-9-15(19)12-6-4-3-5-7-12/h3-11H,1-2H3. The molecule has 0 aliphatic heterocycles. The number of ketones is 1. The van der Waals surface area contributed by atoms with E-state index in [-0.39, 0.29) is 22.8 Å². The maximum Gasteiger partial charge on any atom is 0.280 e. The number of ether oxygens (including phenoxy) is 2. The molecule has 0 unspecified atom stereocenters. The Balaban J connectivity index is 2.40. The summed E-state index contributed by atoms with van der Waals surface area (Å²) >= 11 is 0. The number of nitro benzene ring substituents is 1. The van der Waals surface area contributed by atoms with E-state index in [2.05, 4.69) is 0 Å². The minimum Gasteiger partial charge on any atom is -0.493 e. The number of carbonyl (C=O) groups is 1. The fourth-order valence-electron chi connectivity index (χ4n) is 2.04. The number of hydrogen-bond acceptors (Lipinski definition) is 5. The molecule has 0 aliphatic carbocycles. The van der Waals surface area contributed by atoms with Crippen LogP contribution in [0.4, 0.5) is 5.69 Å². The highest BCUT2D eigenvalue weighted by Gasteiger charge is 2.18. The molecule has 0 atom stereocenters. The van der Waals surface area contributed by atoms with Gasteiger partial charge in [-0.2, -0.15) is 0 Å². The molecular weight excluding hydrogens is 298 g/mol. The molecule has 2 aromatic carbocycles. The van der Waals surface area contributed by atoms with E-state index in [1.807, 2.05) is 0 Å². The second-order valence-electron chi connectivity index (χ2n) is 4.59. The van der Waals surface area contributed by atoms with Crippen LogP contribution in [0.25, 0.3) is 6.08 Å². The molecule has 2 rings (SSSR count). The highest BCUT2D eigenvalue weighted by atomic mass is 16.6. The van der Waals surface area contributed by atoms with Crippen LogP contribution in [-0.4, -0.2) is 24.9 Å². The first-order chi connectivity index (χ1) is 11.1. The molecule has 0 amide bonds. The first-order valence-corrected chi connectivity index (χ1v) is 6.74. The van der Waals surface area contributed by atoms with E-state index in [9.17, 15) is 14.9 Å². The van der Waals surface area contributed by atoms with Crippen molar-refractivity contribution in [1.82, 2.24) is 0 Å². The van der Waals surface area contributed by atoms with Gasteiger partial charge in [0.15, 0.2) is 17.3 Å². The van der Waals surface area contributed by atoms with E-state index in [0.717, 1.165) is 0 Å². The van der Waals surface area contributed by atoms with Crippen LogP contribution in [0.5, 0.6) is 11.5 Å². The Morgan fingerprint density at radius 3 is 2.26 bits per heavy atom. The van der Waals surface area contributed by atoms with E-state index in [4.69, 9.17) is 9.47 Å². The summed E-state index contributed by atoms with van der Waals surface area (Å²) < 4.78 is 10.2. The van der Waals surface area contributed by atoms with Crippen molar-refractivity contribution in [2.24, 2.45) is 0 Å². The van der Waals surface area contributed by atoms with Crippen molar-refractivity contribution in [2.75, 3.05) is 14.2 Å². The third kappa shape index (κ3) is 3.74. The van der Waals surface area contributed by atoms with Gasteiger partial charge in [0.1, 0.15) is 0 Å². The number of benzene rings is 2. The Kier molecular flexibility index (Phi) is 5.09. The molecule has 0 spiro atoms. The predicted molar refractivity (Wildman–Crippen MR) is 86.0 cm³/mol. The third-order valence-electron chi connectivity index (χ3n) is 3.20. The molecule has 6 heteroatoms. The molecule has 118 valence electrons. The smallest absolute Gasteiger partial charge is 0.280 e. The molecule has 6 nitrogen and oxygen atoms in total. The molecule has 0 radical (unpaired) electrons. The summed E-state index contributed by atoms with van der Waals surface area (Å²) in [5.74, 6) is 0.366. The van der Waals surface area contributed by atoms with E-state index < -0.39 is 4.92 Å². The third-order valence-corrected chi connectivity index (χ3v) is 3.20. The van der Waals surface area contributed by atoms with Gasteiger partial charge >= 0.3 is 0 Å². The summed E-state index contributed by atoms with van der Waals surface area (Å²) in [4.78, 5) is 22.7. The lowest BCUT2D eigenvalue weighted by molar-refractivity contribution is -0.385. The van der Waals surface area contributed by atoms with E-state index in [1.54, 1.807) is 30.3 Å². The van der Waals surface area contributed by atoms with Gasteiger partial charge in [-0.05, 0) is 18.2 Å². The highest BCUT2D eigenvalue weighted by molar-refractivity contribution is 6.07. The largest absolute Gasteiger partial charge is 0.493 e. The molecular formula is C17H15NO5. The van der Waals surface area contributed by atoms with Crippen molar-refractivity contribution in [2.45, 2.75) is 0 Å². The molecule has 0 heterocycles. The SMILES string of the molecule is COc1cc(C=CC(=O)c2ccccc2)c([N+](=O)[O-])cc1OC. The topological polar surface area (TPSA) is 78.7 Å². The molecule has 0 fully saturated rings. The number of rotatable bonds is 6. The van der Waals surface area contributed by atoms with Crippen LogP contribution in [0.3, 0.4) is 0 Å². The zero-order chi connectivity index (χ0) is 16.8. The predicted octanol–water partition coefficient (Wildman–Crippen LogP) is 3.51.